The van der Waals surface area contributed by atoms with E-state index in [2.05, 4.69) is 11.1 Å². The third-order valence-electron chi connectivity index (χ3n) is 2.15. The zero-order chi connectivity index (χ0) is 11.4. The monoisotopic (exact) mass is 211 g/mol. The SMILES string of the molecule is CC(=O)N(c1cc[c]cc1)c1ccccn1. The Morgan fingerprint density at radius 2 is 2.00 bits per heavy atom. The van der Waals surface area contributed by atoms with Crippen LogP contribution < -0.4 is 4.90 Å². The summed E-state index contributed by atoms with van der Waals surface area (Å²) in [6.45, 7) is 1.52. The van der Waals surface area contributed by atoms with E-state index < -0.39 is 0 Å². The molecule has 3 nitrogen and oxygen atoms in total. The molecule has 2 rings (SSSR count). The third-order valence-corrected chi connectivity index (χ3v) is 2.15. The molecule has 79 valence electrons. The van der Waals surface area contributed by atoms with Gasteiger partial charge in [-0.1, -0.05) is 18.2 Å². The van der Waals surface area contributed by atoms with E-state index in [1.807, 2.05) is 24.3 Å². The molecule has 0 bridgehead atoms. The predicted molar refractivity (Wildman–Crippen MR) is 62.3 cm³/mol. The molecule has 1 heterocycles. The van der Waals surface area contributed by atoms with Crippen molar-refractivity contribution in [2.75, 3.05) is 4.90 Å². The van der Waals surface area contributed by atoms with Gasteiger partial charge in [0.25, 0.3) is 0 Å². The van der Waals surface area contributed by atoms with Crippen LogP contribution >= 0.6 is 0 Å². The number of aromatic nitrogens is 1. The highest BCUT2D eigenvalue weighted by molar-refractivity contribution is 5.97. The lowest BCUT2D eigenvalue weighted by atomic mass is 10.3. The Labute approximate surface area is 94.4 Å². The van der Waals surface area contributed by atoms with E-state index in [0.29, 0.717) is 5.82 Å². The van der Waals surface area contributed by atoms with Gasteiger partial charge in [-0.05, 0) is 30.3 Å². The van der Waals surface area contributed by atoms with E-state index in [-0.39, 0.29) is 5.91 Å². The van der Waals surface area contributed by atoms with Gasteiger partial charge in [0.05, 0.1) is 5.69 Å². The molecule has 0 aliphatic rings. The summed E-state index contributed by atoms with van der Waals surface area (Å²) in [5, 5.41) is 0. The van der Waals surface area contributed by atoms with Gasteiger partial charge in [0.1, 0.15) is 5.82 Å². The fraction of sp³-hybridized carbons (Fsp3) is 0.0769. The van der Waals surface area contributed by atoms with Gasteiger partial charge in [0, 0.05) is 13.1 Å². The second-order valence-corrected chi connectivity index (χ2v) is 3.30. The fourth-order valence-corrected chi connectivity index (χ4v) is 1.49. The zero-order valence-electron chi connectivity index (χ0n) is 8.92. The first-order valence-corrected chi connectivity index (χ1v) is 4.97. The molecule has 1 radical (unpaired) electrons. The standard InChI is InChI=1S/C13H11N2O/c1-11(16)15(12-7-3-2-4-8-12)13-9-5-6-10-14-13/h3-10H,1H3. The van der Waals surface area contributed by atoms with Gasteiger partial charge in [-0.15, -0.1) is 0 Å². The highest BCUT2D eigenvalue weighted by Gasteiger charge is 2.13. The highest BCUT2D eigenvalue weighted by Crippen LogP contribution is 2.22. The lowest BCUT2D eigenvalue weighted by Crippen LogP contribution is -2.23. The molecule has 0 saturated heterocycles. The van der Waals surface area contributed by atoms with Gasteiger partial charge in [-0.25, -0.2) is 4.98 Å². The van der Waals surface area contributed by atoms with Crippen molar-refractivity contribution in [2.45, 2.75) is 6.92 Å². The minimum Gasteiger partial charge on any atom is -0.274 e. The lowest BCUT2D eigenvalue weighted by molar-refractivity contribution is -0.115. The van der Waals surface area contributed by atoms with E-state index in [0.717, 1.165) is 5.69 Å². The predicted octanol–water partition coefficient (Wildman–Crippen LogP) is 2.57. The van der Waals surface area contributed by atoms with E-state index in [9.17, 15) is 4.79 Å². The molecular weight excluding hydrogens is 200 g/mol. The molecule has 0 fully saturated rings. The summed E-state index contributed by atoms with van der Waals surface area (Å²) in [6, 6.07) is 15.6. The summed E-state index contributed by atoms with van der Waals surface area (Å²) in [5.41, 5.74) is 0.796. The Hall–Kier alpha value is -2.16. The van der Waals surface area contributed by atoms with Crippen LogP contribution in [0.3, 0.4) is 0 Å². The molecule has 0 unspecified atom stereocenters. The molecule has 0 saturated carbocycles. The topological polar surface area (TPSA) is 33.2 Å². The molecule has 0 aliphatic heterocycles. The third kappa shape index (κ3) is 2.08. The second kappa shape index (κ2) is 4.57. The van der Waals surface area contributed by atoms with Gasteiger partial charge in [-0.2, -0.15) is 0 Å². The van der Waals surface area contributed by atoms with E-state index in [1.54, 1.807) is 29.3 Å². The Morgan fingerprint density at radius 1 is 1.25 bits per heavy atom. The number of hydrogen-bond acceptors (Lipinski definition) is 2. The molecule has 1 amide bonds. The number of carbonyl (C=O) groups is 1. The van der Waals surface area contributed by atoms with Crippen molar-refractivity contribution in [3.63, 3.8) is 0 Å². The number of rotatable bonds is 2. The summed E-state index contributed by atoms with van der Waals surface area (Å²) in [5.74, 6) is 0.561. The normalized spacial score (nSPS) is 9.81. The van der Waals surface area contributed by atoms with Crippen molar-refractivity contribution in [1.29, 1.82) is 0 Å². The summed E-state index contributed by atoms with van der Waals surface area (Å²) >= 11 is 0. The first-order chi connectivity index (χ1) is 7.79. The van der Waals surface area contributed by atoms with Gasteiger partial charge >= 0.3 is 0 Å². The van der Waals surface area contributed by atoms with Crippen LogP contribution in [-0.4, -0.2) is 10.9 Å². The first kappa shape index (κ1) is 10.4. The number of carbonyl (C=O) groups excluding carboxylic acids is 1. The maximum absolute atomic E-state index is 11.6. The number of anilines is 2. The molecule has 0 atom stereocenters. The number of amides is 1. The molecule has 2 aromatic rings. The minimum atomic E-state index is -0.0649. The second-order valence-electron chi connectivity index (χ2n) is 3.30. The molecule has 0 spiro atoms. The highest BCUT2D eigenvalue weighted by atomic mass is 16.2. The molecule has 3 heteroatoms. The van der Waals surface area contributed by atoms with E-state index in [4.69, 9.17) is 0 Å². The zero-order valence-corrected chi connectivity index (χ0v) is 8.92. The summed E-state index contributed by atoms with van der Waals surface area (Å²) in [6.07, 6.45) is 1.67. The average molecular weight is 211 g/mol. The van der Waals surface area contributed by atoms with Crippen molar-refractivity contribution in [1.82, 2.24) is 4.98 Å². The van der Waals surface area contributed by atoms with Crippen LogP contribution in [0.4, 0.5) is 11.5 Å². The van der Waals surface area contributed by atoms with Gasteiger partial charge in [0.15, 0.2) is 0 Å². The minimum absolute atomic E-state index is 0.0649. The van der Waals surface area contributed by atoms with Crippen molar-refractivity contribution >= 4 is 17.4 Å². The Bertz CT molecular complexity index is 428. The molecular formula is C13H11N2O. The van der Waals surface area contributed by atoms with Crippen LogP contribution in [0.2, 0.25) is 0 Å². The Balaban J connectivity index is 2.44. The maximum atomic E-state index is 11.6. The van der Waals surface area contributed by atoms with Crippen molar-refractivity contribution in [3.05, 3.63) is 54.7 Å². The Kier molecular flexibility index (Phi) is 2.96. The largest absolute Gasteiger partial charge is 0.274 e. The quantitative estimate of drug-likeness (QED) is 0.764. The number of benzene rings is 1. The van der Waals surface area contributed by atoms with E-state index in [1.165, 1.54) is 6.92 Å². The molecule has 0 aliphatic carbocycles. The van der Waals surface area contributed by atoms with Crippen LogP contribution in [0.5, 0.6) is 0 Å². The van der Waals surface area contributed by atoms with Crippen LogP contribution in [-0.2, 0) is 4.79 Å². The molecule has 16 heavy (non-hydrogen) atoms. The maximum Gasteiger partial charge on any atom is 0.229 e. The first-order valence-electron chi connectivity index (χ1n) is 4.97. The van der Waals surface area contributed by atoms with Crippen LogP contribution in [0.25, 0.3) is 0 Å². The number of pyridine rings is 1. The Morgan fingerprint density at radius 3 is 2.56 bits per heavy atom. The van der Waals surface area contributed by atoms with Gasteiger partial charge in [0.2, 0.25) is 5.91 Å². The summed E-state index contributed by atoms with van der Waals surface area (Å²) < 4.78 is 0. The lowest BCUT2D eigenvalue weighted by Gasteiger charge is -2.19. The van der Waals surface area contributed by atoms with Crippen molar-refractivity contribution in [2.24, 2.45) is 0 Å². The van der Waals surface area contributed by atoms with Crippen LogP contribution in [0.15, 0.2) is 48.7 Å². The molecule has 1 aromatic carbocycles. The van der Waals surface area contributed by atoms with Crippen molar-refractivity contribution < 1.29 is 4.79 Å². The van der Waals surface area contributed by atoms with Crippen LogP contribution in [0.1, 0.15) is 6.92 Å². The number of nitrogens with zero attached hydrogens (tertiary/aromatic N) is 2. The summed E-state index contributed by atoms with van der Waals surface area (Å²) in [4.78, 5) is 17.4. The smallest absolute Gasteiger partial charge is 0.229 e. The van der Waals surface area contributed by atoms with Crippen LogP contribution in [0, 0.1) is 6.07 Å². The average Bonchev–Trinajstić information content (AvgIpc) is 2.31. The van der Waals surface area contributed by atoms with Gasteiger partial charge < -0.3 is 0 Å². The molecule has 1 aromatic heterocycles. The van der Waals surface area contributed by atoms with Crippen molar-refractivity contribution in [3.8, 4) is 0 Å². The van der Waals surface area contributed by atoms with Gasteiger partial charge in [-0.3, -0.25) is 9.69 Å². The fourth-order valence-electron chi connectivity index (χ4n) is 1.49. The van der Waals surface area contributed by atoms with E-state index >= 15 is 0 Å². The summed E-state index contributed by atoms with van der Waals surface area (Å²) in [7, 11) is 0. The number of hydrogen-bond donors (Lipinski definition) is 0. The molecule has 0 N–H and O–H groups in total.